The Morgan fingerprint density at radius 3 is 2.71 bits per heavy atom. The van der Waals surface area contributed by atoms with Crippen LogP contribution >= 0.6 is 15.9 Å². The van der Waals surface area contributed by atoms with Gasteiger partial charge in [0.15, 0.2) is 0 Å². The number of benzene rings is 2. The molecule has 0 atom stereocenters. The number of ether oxygens (including phenoxy) is 1. The van der Waals surface area contributed by atoms with E-state index in [1.54, 1.807) is 12.1 Å². The Labute approximate surface area is 109 Å². The number of hydrogen-bond donors (Lipinski definition) is 0. The summed E-state index contributed by atoms with van der Waals surface area (Å²) in [6, 6.07) is 15.0. The summed E-state index contributed by atoms with van der Waals surface area (Å²) >= 11 is 3.41. The van der Waals surface area contributed by atoms with Gasteiger partial charge in [0.25, 0.3) is 0 Å². The second kappa shape index (κ2) is 5.03. The van der Waals surface area contributed by atoms with Crippen LogP contribution in [0.4, 0.5) is 0 Å². The van der Waals surface area contributed by atoms with Gasteiger partial charge in [-0.15, -0.1) is 0 Å². The summed E-state index contributed by atoms with van der Waals surface area (Å²) in [6.07, 6.45) is 0. The predicted octanol–water partition coefficient (Wildman–Crippen LogP) is 4.42. The van der Waals surface area contributed by atoms with E-state index in [4.69, 9.17) is 10.00 Å². The molecule has 0 aliphatic rings. The van der Waals surface area contributed by atoms with E-state index in [1.807, 2.05) is 37.3 Å². The standard InChI is InChI=1S/C14H10BrNO/c1-10-7-12(15)5-6-14(10)17-13-4-2-3-11(8-13)9-16/h2-8H,1H3. The van der Waals surface area contributed by atoms with Crippen LogP contribution in [0.15, 0.2) is 46.9 Å². The average molecular weight is 288 g/mol. The first-order valence-corrected chi connectivity index (χ1v) is 5.92. The minimum absolute atomic E-state index is 0.595. The van der Waals surface area contributed by atoms with E-state index in [0.717, 1.165) is 15.8 Å². The SMILES string of the molecule is Cc1cc(Br)ccc1Oc1cccc(C#N)c1. The van der Waals surface area contributed by atoms with Crippen molar-refractivity contribution in [3.63, 3.8) is 0 Å². The number of halogens is 1. The van der Waals surface area contributed by atoms with Gasteiger partial charge in [-0.2, -0.15) is 5.26 Å². The Morgan fingerprint density at radius 2 is 2.00 bits per heavy atom. The highest BCUT2D eigenvalue weighted by atomic mass is 79.9. The van der Waals surface area contributed by atoms with Crippen molar-refractivity contribution in [3.05, 3.63) is 58.1 Å². The van der Waals surface area contributed by atoms with Crippen LogP contribution in [0.5, 0.6) is 11.5 Å². The molecule has 0 N–H and O–H groups in total. The van der Waals surface area contributed by atoms with Gasteiger partial charge in [0.1, 0.15) is 11.5 Å². The fourth-order valence-electron chi connectivity index (χ4n) is 1.48. The second-order valence-electron chi connectivity index (χ2n) is 3.65. The molecule has 0 bridgehead atoms. The highest BCUT2D eigenvalue weighted by Gasteiger charge is 2.02. The minimum atomic E-state index is 0.595. The van der Waals surface area contributed by atoms with E-state index in [2.05, 4.69) is 22.0 Å². The van der Waals surface area contributed by atoms with Crippen molar-refractivity contribution in [2.24, 2.45) is 0 Å². The molecule has 2 rings (SSSR count). The van der Waals surface area contributed by atoms with Gasteiger partial charge < -0.3 is 4.74 Å². The molecular weight excluding hydrogens is 278 g/mol. The average Bonchev–Trinajstić information content (AvgIpc) is 2.33. The Morgan fingerprint density at radius 1 is 1.18 bits per heavy atom. The molecular formula is C14H10BrNO. The monoisotopic (exact) mass is 287 g/mol. The number of nitrogens with zero attached hydrogens (tertiary/aromatic N) is 1. The Kier molecular flexibility index (Phi) is 3.46. The van der Waals surface area contributed by atoms with Crippen LogP contribution < -0.4 is 4.74 Å². The smallest absolute Gasteiger partial charge is 0.130 e. The molecule has 84 valence electrons. The summed E-state index contributed by atoms with van der Waals surface area (Å²) in [7, 11) is 0. The van der Waals surface area contributed by atoms with E-state index in [-0.39, 0.29) is 0 Å². The zero-order chi connectivity index (χ0) is 12.3. The molecule has 0 radical (unpaired) electrons. The van der Waals surface area contributed by atoms with Crippen LogP contribution in [-0.2, 0) is 0 Å². The van der Waals surface area contributed by atoms with Crippen LogP contribution in [0.3, 0.4) is 0 Å². The van der Waals surface area contributed by atoms with Crippen molar-refractivity contribution in [2.75, 3.05) is 0 Å². The first kappa shape index (κ1) is 11.7. The van der Waals surface area contributed by atoms with Crippen molar-refractivity contribution in [2.45, 2.75) is 6.92 Å². The molecule has 0 unspecified atom stereocenters. The molecule has 0 amide bonds. The van der Waals surface area contributed by atoms with Crippen molar-refractivity contribution < 1.29 is 4.74 Å². The fourth-order valence-corrected chi connectivity index (χ4v) is 1.96. The summed E-state index contributed by atoms with van der Waals surface area (Å²) in [5.74, 6) is 1.47. The van der Waals surface area contributed by atoms with Crippen molar-refractivity contribution in [3.8, 4) is 17.6 Å². The second-order valence-corrected chi connectivity index (χ2v) is 4.57. The van der Waals surface area contributed by atoms with Crippen LogP contribution in [0.25, 0.3) is 0 Å². The molecule has 0 aliphatic heterocycles. The molecule has 0 saturated heterocycles. The molecule has 2 nitrogen and oxygen atoms in total. The molecule has 0 fully saturated rings. The highest BCUT2D eigenvalue weighted by molar-refractivity contribution is 9.10. The Hall–Kier alpha value is -1.79. The largest absolute Gasteiger partial charge is 0.457 e. The van der Waals surface area contributed by atoms with E-state index < -0.39 is 0 Å². The fraction of sp³-hybridized carbons (Fsp3) is 0.0714. The molecule has 0 spiro atoms. The maximum atomic E-state index is 8.81. The van der Waals surface area contributed by atoms with E-state index in [1.165, 1.54) is 0 Å². The van der Waals surface area contributed by atoms with Gasteiger partial charge in [-0.05, 0) is 48.9 Å². The number of rotatable bonds is 2. The lowest BCUT2D eigenvalue weighted by Crippen LogP contribution is -1.88. The number of nitriles is 1. The van der Waals surface area contributed by atoms with Gasteiger partial charge in [0.2, 0.25) is 0 Å². The summed E-state index contributed by atoms with van der Waals surface area (Å²) in [5, 5.41) is 8.81. The quantitative estimate of drug-likeness (QED) is 0.819. The lowest BCUT2D eigenvalue weighted by atomic mass is 10.2. The highest BCUT2D eigenvalue weighted by Crippen LogP contribution is 2.27. The van der Waals surface area contributed by atoms with Gasteiger partial charge >= 0.3 is 0 Å². The summed E-state index contributed by atoms with van der Waals surface area (Å²) in [4.78, 5) is 0. The van der Waals surface area contributed by atoms with Gasteiger partial charge in [-0.25, -0.2) is 0 Å². The third-order valence-corrected chi connectivity index (χ3v) is 2.82. The van der Waals surface area contributed by atoms with Gasteiger partial charge in [-0.1, -0.05) is 22.0 Å². The summed E-state index contributed by atoms with van der Waals surface area (Å²) in [5.41, 5.74) is 1.64. The van der Waals surface area contributed by atoms with Crippen molar-refractivity contribution in [1.29, 1.82) is 5.26 Å². The van der Waals surface area contributed by atoms with Crippen molar-refractivity contribution in [1.82, 2.24) is 0 Å². The lowest BCUT2D eigenvalue weighted by molar-refractivity contribution is 0.478. The summed E-state index contributed by atoms with van der Waals surface area (Å²) < 4.78 is 6.76. The van der Waals surface area contributed by atoms with Crippen LogP contribution in [0.1, 0.15) is 11.1 Å². The molecule has 0 heterocycles. The number of aryl methyl sites for hydroxylation is 1. The van der Waals surface area contributed by atoms with E-state index >= 15 is 0 Å². The van der Waals surface area contributed by atoms with Gasteiger partial charge in [0, 0.05) is 4.47 Å². The first-order chi connectivity index (χ1) is 8.19. The van der Waals surface area contributed by atoms with Crippen molar-refractivity contribution >= 4 is 15.9 Å². The van der Waals surface area contributed by atoms with Crippen LogP contribution in [-0.4, -0.2) is 0 Å². The molecule has 17 heavy (non-hydrogen) atoms. The lowest BCUT2D eigenvalue weighted by Gasteiger charge is -2.08. The Bertz CT molecular complexity index is 587. The van der Waals surface area contributed by atoms with Gasteiger partial charge in [0.05, 0.1) is 11.6 Å². The maximum absolute atomic E-state index is 8.81. The van der Waals surface area contributed by atoms with Gasteiger partial charge in [-0.3, -0.25) is 0 Å². The van der Waals surface area contributed by atoms with E-state index in [0.29, 0.717) is 11.3 Å². The zero-order valence-corrected chi connectivity index (χ0v) is 10.9. The molecule has 3 heteroatoms. The topological polar surface area (TPSA) is 33.0 Å². The summed E-state index contributed by atoms with van der Waals surface area (Å²) in [6.45, 7) is 1.98. The third kappa shape index (κ3) is 2.86. The van der Waals surface area contributed by atoms with Crippen LogP contribution in [0, 0.1) is 18.3 Å². The molecule has 2 aromatic rings. The number of hydrogen-bond acceptors (Lipinski definition) is 2. The molecule has 2 aromatic carbocycles. The minimum Gasteiger partial charge on any atom is -0.457 e. The zero-order valence-electron chi connectivity index (χ0n) is 9.27. The van der Waals surface area contributed by atoms with E-state index in [9.17, 15) is 0 Å². The molecule has 0 aromatic heterocycles. The Balaban J connectivity index is 2.28. The third-order valence-electron chi connectivity index (χ3n) is 2.33. The molecule has 0 saturated carbocycles. The predicted molar refractivity (Wildman–Crippen MR) is 70.1 cm³/mol. The van der Waals surface area contributed by atoms with Crippen LogP contribution in [0.2, 0.25) is 0 Å². The molecule has 0 aliphatic carbocycles. The maximum Gasteiger partial charge on any atom is 0.130 e. The normalized spacial score (nSPS) is 9.71. The first-order valence-electron chi connectivity index (χ1n) is 5.13.